The van der Waals surface area contributed by atoms with Crippen LogP contribution in [-0.2, 0) is 6.54 Å². The average molecular weight is 345 g/mol. The molecule has 0 amide bonds. The molecule has 2 aromatic rings. The molecule has 0 fully saturated rings. The van der Waals surface area contributed by atoms with E-state index in [4.69, 9.17) is 4.74 Å². The number of aromatic nitrogens is 2. The van der Waals surface area contributed by atoms with Crippen molar-refractivity contribution in [1.82, 2.24) is 20.4 Å². The highest BCUT2D eigenvalue weighted by atomic mass is 16.5. The summed E-state index contributed by atoms with van der Waals surface area (Å²) in [6, 6.07) is 9.29. The molecule has 1 atom stereocenters. The number of aliphatic imine (C=N–C) groups is 1. The Kier molecular flexibility index (Phi) is 7.78. The van der Waals surface area contributed by atoms with E-state index in [1.165, 1.54) is 0 Å². The van der Waals surface area contributed by atoms with Gasteiger partial charge in [0.2, 0.25) is 0 Å². The van der Waals surface area contributed by atoms with Gasteiger partial charge in [-0.1, -0.05) is 12.1 Å². The first kappa shape index (κ1) is 18.8. The molecule has 0 aliphatic rings. The van der Waals surface area contributed by atoms with Gasteiger partial charge in [0.15, 0.2) is 5.96 Å². The maximum absolute atomic E-state index is 10.3. The predicted octanol–water partition coefficient (Wildman–Crippen LogP) is 1.57. The fourth-order valence-electron chi connectivity index (χ4n) is 2.33. The SMILES string of the molecule is CCNC(=NCC(O)c1ccc(OC)cc1)NCCCn1cccn1. The van der Waals surface area contributed by atoms with Crippen LogP contribution in [0.1, 0.15) is 25.0 Å². The smallest absolute Gasteiger partial charge is 0.191 e. The van der Waals surface area contributed by atoms with E-state index in [-0.39, 0.29) is 0 Å². The number of aliphatic hydroxyl groups excluding tert-OH is 1. The molecular weight excluding hydrogens is 318 g/mol. The van der Waals surface area contributed by atoms with E-state index in [1.54, 1.807) is 13.3 Å². The molecule has 1 unspecified atom stereocenters. The van der Waals surface area contributed by atoms with Crippen LogP contribution in [0.2, 0.25) is 0 Å². The second kappa shape index (κ2) is 10.4. The molecule has 7 nitrogen and oxygen atoms in total. The standard InChI is InChI=1S/C18H27N5O2/c1-3-19-18(20-10-4-12-23-13-5-11-22-23)21-14-17(24)15-6-8-16(25-2)9-7-15/h5-9,11,13,17,24H,3-4,10,12,14H2,1-2H3,(H2,19,20,21). The van der Waals surface area contributed by atoms with Gasteiger partial charge in [0, 0.05) is 32.0 Å². The van der Waals surface area contributed by atoms with Crippen LogP contribution < -0.4 is 15.4 Å². The van der Waals surface area contributed by atoms with Crippen molar-refractivity contribution < 1.29 is 9.84 Å². The van der Waals surface area contributed by atoms with Crippen molar-refractivity contribution in [2.24, 2.45) is 4.99 Å². The van der Waals surface area contributed by atoms with E-state index in [0.29, 0.717) is 12.5 Å². The van der Waals surface area contributed by atoms with Crippen molar-refractivity contribution in [2.45, 2.75) is 26.0 Å². The van der Waals surface area contributed by atoms with Gasteiger partial charge in [0.1, 0.15) is 5.75 Å². The Morgan fingerprint density at radius 3 is 2.76 bits per heavy atom. The highest BCUT2D eigenvalue weighted by molar-refractivity contribution is 5.79. The van der Waals surface area contributed by atoms with Crippen LogP contribution in [0.3, 0.4) is 0 Å². The molecule has 1 aromatic heterocycles. The molecule has 7 heteroatoms. The van der Waals surface area contributed by atoms with Crippen LogP contribution >= 0.6 is 0 Å². The van der Waals surface area contributed by atoms with Gasteiger partial charge in [-0.15, -0.1) is 0 Å². The number of hydrogen-bond donors (Lipinski definition) is 3. The molecule has 0 aliphatic heterocycles. The number of benzene rings is 1. The molecule has 0 bridgehead atoms. The zero-order chi connectivity index (χ0) is 17.9. The fourth-order valence-corrected chi connectivity index (χ4v) is 2.33. The van der Waals surface area contributed by atoms with Crippen LogP contribution in [0.15, 0.2) is 47.7 Å². The first-order chi connectivity index (χ1) is 12.2. The van der Waals surface area contributed by atoms with E-state index >= 15 is 0 Å². The van der Waals surface area contributed by atoms with Gasteiger partial charge in [-0.2, -0.15) is 5.10 Å². The van der Waals surface area contributed by atoms with Gasteiger partial charge in [-0.05, 0) is 37.1 Å². The number of rotatable bonds is 9. The van der Waals surface area contributed by atoms with Crippen molar-refractivity contribution in [3.63, 3.8) is 0 Å². The Hall–Kier alpha value is -2.54. The van der Waals surface area contributed by atoms with E-state index in [0.717, 1.165) is 37.4 Å². The second-order valence-corrected chi connectivity index (χ2v) is 5.56. The Morgan fingerprint density at radius 2 is 2.12 bits per heavy atom. The molecule has 3 N–H and O–H groups in total. The molecular formula is C18H27N5O2. The molecule has 1 heterocycles. The summed E-state index contributed by atoms with van der Waals surface area (Å²) >= 11 is 0. The van der Waals surface area contributed by atoms with Crippen LogP contribution in [0.5, 0.6) is 5.75 Å². The number of methoxy groups -OCH3 is 1. The highest BCUT2D eigenvalue weighted by Crippen LogP contribution is 2.17. The topological polar surface area (TPSA) is 83.7 Å². The largest absolute Gasteiger partial charge is 0.497 e. The maximum Gasteiger partial charge on any atom is 0.191 e. The molecule has 0 saturated carbocycles. The summed E-state index contributed by atoms with van der Waals surface area (Å²) < 4.78 is 7.03. The van der Waals surface area contributed by atoms with Gasteiger partial charge in [-0.3, -0.25) is 9.67 Å². The van der Waals surface area contributed by atoms with E-state index in [1.807, 2.05) is 48.1 Å². The Morgan fingerprint density at radius 1 is 1.32 bits per heavy atom. The molecule has 136 valence electrons. The summed E-state index contributed by atoms with van der Waals surface area (Å²) in [5.74, 6) is 1.47. The number of aryl methyl sites for hydroxylation is 1. The van der Waals surface area contributed by atoms with Crippen LogP contribution in [0.4, 0.5) is 0 Å². The molecule has 25 heavy (non-hydrogen) atoms. The van der Waals surface area contributed by atoms with Gasteiger partial charge in [0.25, 0.3) is 0 Å². The van der Waals surface area contributed by atoms with E-state index in [9.17, 15) is 5.11 Å². The van der Waals surface area contributed by atoms with Gasteiger partial charge >= 0.3 is 0 Å². The molecule has 0 radical (unpaired) electrons. The minimum absolute atomic E-state index is 0.292. The summed E-state index contributed by atoms with van der Waals surface area (Å²) in [6.07, 6.45) is 4.02. The minimum atomic E-state index is -0.648. The van der Waals surface area contributed by atoms with Crippen LogP contribution in [0, 0.1) is 0 Å². The van der Waals surface area contributed by atoms with Crippen molar-refractivity contribution >= 4 is 5.96 Å². The lowest BCUT2D eigenvalue weighted by atomic mass is 10.1. The summed E-state index contributed by atoms with van der Waals surface area (Å²) in [6.45, 7) is 4.71. The third kappa shape index (κ3) is 6.46. The Labute approximate surface area is 148 Å². The predicted molar refractivity (Wildman–Crippen MR) is 98.8 cm³/mol. The average Bonchev–Trinajstić information content (AvgIpc) is 3.16. The third-order valence-electron chi connectivity index (χ3n) is 3.68. The summed E-state index contributed by atoms with van der Waals surface area (Å²) in [5.41, 5.74) is 0.819. The molecule has 0 spiro atoms. The monoisotopic (exact) mass is 345 g/mol. The number of ether oxygens (including phenoxy) is 1. The number of aliphatic hydroxyl groups is 1. The number of hydrogen-bond acceptors (Lipinski definition) is 4. The zero-order valence-corrected chi connectivity index (χ0v) is 14.9. The molecule has 0 aliphatic carbocycles. The van der Waals surface area contributed by atoms with Crippen LogP contribution in [0.25, 0.3) is 0 Å². The summed E-state index contributed by atoms with van der Waals surface area (Å²) in [5, 5.41) is 20.9. The van der Waals surface area contributed by atoms with Crippen molar-refractivity contribution in [3.8, 4) is 5.75 Å². The number of guanidine groups is 1. The van der Waals surface area contributed by atoms with Crippen LogP contribution in [-0.4, -0.2) is 47.6 Å². The first-order valence-electron chi connectivity index (χ1n) is 8.54. The van der Waals surface area contributed by atoms with Gasteiger partial charge in [0.05, 0.1) is 19.8 Å². The second-order valence-electron chi connectivity index (χ2n) is 5.56. The third-order valence-corrected chi connectivity index (χ3v) is 3.68. The van der Waals surface area contributed by atoms with E-state index < -0.39 is 6.10 Å². The maximum atomic E-state index is 10.3. The van der Waals surface area contributed by atoms with Crippen molar-refractivity contribution in [2.75, 3.05) is 26.7 Å². The van der Waals surface area contributed by atoms with Gasteiger partial charge in [-0.25, -0.2) is 0 Å². The lowest BCUT2D eigenvalue weighted by Crippen LogP contribution is -2.38. The summed E-state index contributed by atoms with van der Waals surface area (Å²) in [7, 11) is 1.62. The van der Waals surface area contributed by atoms with Gasteiger partial charge < -0.3 is 20.5 Å². The highest BCUT2D eigenvalue weighted by Gasteiger charge is 2.07. The lowest BCUT2D eigenvalue weighted by Gasteiger charge is -2.13. The Balaban J connectivity index is 1.80. The molecule has 1 aromatic carbocycles. The van der Waals surface area contributed by atoms with Crippen molar-refractivity contribution in [3.05, 3.63) is 48.3 Å². The molecule has 0 saturated heterocycles. The normalized spacial score (nSPS) is 12.7. The minimum Gasteiger partial charge on any atom is -0.497 e. The molecule has 2 rings (SSSR count). The quantitative estimate of drug-likeness (QED) is 0.365. The first-order valence-corrected chi connectivity index (χ1v) is 8.54. The Bertz CT molecular complexity index is 625. The fraction of sp³-hybridized carbons (Fsp3) is 0.444. The zero-order valence-electron chi connectivity index (χ0n) is 14.9. The van der Waals surface area contributed by atoms with E-state index in [2.05, 4.69) is 20.7 Å². The number of nitrogens with one attached hydrogen (secondary N) is 2. The van der Waals surface area contributed by atoms with Crippen molar-refractivity contribution in [1.29, 1.82) is 0 Å². The lowest BCUT2D eigenvalue weighted by molar-refractivity contribution is 0.187. The number of nitrogens with zero attached hydrogens (tertiary/aromatic N) is 3. The summed E-state index contributed by atoms with van der Waals surface area (Å²) in [4.78, 5) is 4.46.